The predicted octanol–water partition coefficient (Wildman–Crippen LogP) is 5.14. The first kappa shape index (κ1) is 39.3. The molecule has 0 aliphatic rings. The number of carbonyl (C=O) groups is 2. The van der Waals surface area contributed by atoms with Crippen LogP contribution in [0.4, 0.5) is 11.6 Å². The maximum Gasteiger partial charge on any atom is 0.238 e. The van der Waals surface area contributed by atoms with E-state index in [0.717, 1.165) is 12.8 Å². The van der Waals surface area contributed by atoms with Crippen LogP contribution < -0.4 is 20.9 Å². The second-order valence-electron chi connectivity index (χ2n) is 9.72. The monoisotopic (exact) mass is 634 g/mol. The van der Waals surface area contributed by atoms with Gasteiger partial charge >= 0.3 is 0 Å². The van der Waals surface area contributed by atoms with E-state index in [-0.39, 0.29) is 23.5 Å². The van der Waals surface area contributed by atoms with Crippen molar-refractivity contribution in [3.63, 3.8) is 0 Å². The molecule has 12 nitrogen and oxygen atoms in total. The third-order valence-corrected chi connectivity index (χ3v) is 5.51. The molecule has 14 heteroatoms. The molecular formula is C29H44Cl2N10O2. The second-order valence-corrected chi connectivity index (χ2v) is 10.5. The lowest BCUT2D eigenvalue weighted by molar-refractivity contribution is -0.122. The predicted molar refractivity (Wildman–Crippen MR) is 170 cm³/mol. The zero-order valence-corrected chi connectivity index (χ0v) is 27.5. The largest absolute Gasteiger partial charge is 0.273 e. The number of carbonyl (C=O) groups excluding carboxylic acids is 2. The highest BCUT2D eigenvalue weighted by atomic mass is 35.5. The first-order valence-electron chi connectivity index (χ1n) is 14.4. The molecule has 2 N–H and O–H groups in total. The van der Waals surface area contributed by atoms with Crippen LogP contribution in [-0.2, 0) is 9.59 Å². The average molecular weight is 636 g/mol. The van der Waals surface area contributed by atoms with Crippen molar-refractivity contribution in [2.45, 2.75) is 73.6 Å². The van der Waals surface area contributed by atoms with Crippen LogP contribution in [0.5, 0.6) is 0 Å². The summed E-state index contributed by atoms with van der Waals surface area (Å²) in [6, 6.07) is 7.11. The van der Waals surface area contributed by atoms with Crippen LogP contribution in [0.25, 0.3) is 0 Å². The molecule has 0 radical (unpaired) electrons. The van der Waals surface area contributed by atoms with Crippen molar-refractivity contribution in [2.24, 2.45) is 11.8 Å². The fourth-order valence-corrected chi connectivity index (χ4v) is 3.57. The Hall–Kier alpha value is -3.74. The SMILES string of the molecule is CC.CC(C)CN(NC(=O)CCCCCl)c1ccnc(C#N)n1.CC(C)CN(NC(=O)CCCCl)c1ccnc(C#N)n1. The maximum atomic E-state index is 11.9. The molecule has 0 saturated carbocycles. The van der Waals surface area contributed by atoms with Gasteiger partial charge in [-0.3, -0.25) is 30.5 Å². The lowest BCUT2D eigenvalue weighted by Gasteiger charge is -2.26. The second kappa shape index (κ2) is 23.8. The van der Waals surface area contributed by atoms with Crippen LogP contribution in [0.1, 0.15) is 85.3 Å². The third kappa shape index (κ3) is 17.7. The lowest BCUT2D eigenvalue weighted by atomic mass is 10.2. The quantitative estimate of drug-likeness (QED) is 0.152. The zero-order valence-electron chi connectivity index (χ0n) is 26.0. The summed E-state index contributed by atoms with van der Waals surface area (Å²) in [4.78, 5) is 39.6. The third-order valence-electron chi connectivity index (χ3n) is 4.97. The summed E-state index contributed by atoms with van der Waals surface area (Å²) < 4.78 is 0. The highest BCUT2D eigenvalue weighted by Crippen LogP contribution is 2.12. The van der Waals surface area contributed by atoms with E-state index in [1.165, 1.54) is 12.4 Å². The molecule has 0 aromatic carbocycles. The van der Waals surface area contributed by atoms with Crippen LogP contribution in [0, 0.1) is 34.5 Å². The minimum atomic E-state index is -0.122. The van der Waals surface area contributed by atoms with Crippen LogP contribution in [0.2, 0.25) is 0 Å². The number of nitrogens with one attached hydrogen (secondary N) is 2. The van der Waals surface area contributed by atoms with Gasteiger partial charge in [-0.25, -0.2) is 9.97 Å². The Kier molecular flexibility index (Phi) is 21.7. The summed E-state index contributed by atoms with van der Waals surface area (Å²) in [6.45, 7) is 13.3. The first-order chi connectivity index (χ1) is 20.6. The van der Waals surface area contributed by atoms with Crippen molar-refractivity contribution in [1.29, 1.82) is 10.5 Å². The van der Waals surface area contributed by atoms with Gasteiger partial charge in [0.15, 0.2) is 11.6 Å². The normalized spacial score (nSPS) is 9.86. The average Bonchev–Trinajstić information content (AvgIpc) is 3.00. The van der Waals surface area contributed by atoms with Gasteiger partial charge in [-0.1, -0.05) is 41.5 Å². The highest BCUT2D eigenvalue weighted by molar-refractivity contribution is 6.18. The van der Waals surface area contributed by atoms with Gasteiger partial charge in [-0.15, -0.1) is 23.2 Å². The summed E-state index contributed by atoms with van der Waals surface area (Å²) in [5, 5.41) is 21.0. The highest BCUT2D eigenvalue weighted by Gasteiger charge is 2.15. The molecule has 0 fully saturated rings. The molecule has 2 amide bonds. The number of rotatable bonds is 15. The topological polar surface area (TPSA) is 164 Å². The van der Waals surface area contributed by atoms with E-state index < -0.39 is 0 Å². The van der Waals surface area contributed by atoms with Crippen molar-refractivity contribution >= 4 is 46.7 Å². The number of alkyl halides is 2. The van der Waals surface area contributed by atoms with E-state index in [1.807, 2.05) is 53.7 Å². The smallest absolute Gasteiger partial charge is 0.238 e. The summed E-state index contributed by atoms with van der Waals surface area (Å²) in [5.74, 6) is 2.62. The van der Waals surface area contributed by atoms with Crippen molar-refractivity contribution in [3.8, 4) is 12.1 Å². The van der Waals surface area contributed by atoms with Gasteiger partial charge in [-0.05, 0) is 31.1 Å². The molecule has 0 unspecified atom stereocenters. The minimum Gasteiger partial charge on any atom is -0.273 e. The molecule has 2 heterocycles. The van der Waals surface area contributed by atoms with Crippen LogP contribution in [-0.4, -0.2) is 56.6 Å². The fourth-order valence-electron chi connectivity index (χ4n) is 3.25. The van der Waals surface area contributed by atoms with E-state index in [2.05, 4.69) is 30.8 Å². The number of nitriles is 2. The molecule has 0 atom stereocenters. The Balaban J connectivity index is 0.000000776. The van der Waals surface area contributed by atoms with Gasteiger partial charge in [0.25, 0.3) is 0 Å². The Morgan fingerprint density at radius 3 is 1.51 bits per heavy atom. The molecular weight excluding hydrogens is 591 g/mol. The number of hydrogen-bond acceptors (Lipinski definition) is 10. The van der Waals surface area contributed by atoms with Crippen molar-refractivity contribution in [2.75, 3.05) is 34.9 Å². The Morgan fingerprint density at radius 1 is 0.767 bits per heavy atom. The number of hydrogen-bond donors (Lipinski definition) is 2. The van der Waals surface area contributed by atoms with E-state index in [1.54, 1.807) is 22.2 Å². The lowest BCUT2D eigenvalue weighted by Crippen LogP contribution is -2.45. The number of hydrazine groups is 2. The molecule has 2 aromatic rings. The summed E-state index contributed by atoms with van der Waals surface area (Å²) in [7, 11) is 0. The number of unbranched alkanes of at least 4 members (excludes halogenated alkanes) is 1. The van der Waals surface area contributed by atoms with Gasteiger partial charge in [0.05, 0.1) is 0 Å². The molecule has 0 aliphatic heterocycles. The number of nitrogens with zero attached hydrogens (tertiary/aromatic N) is 8. The van der Waals surface area contributed by atoms with Gasteiger partial charge in [0.1, 0.15) is 12.1 Å². The van der Waals surface area contributed by atoms with Crippen LogP contribution in [0.3, 0.4) is 0 Å². The molecule has 236 valence electrons. The van der Waals surface area contributed by atoms with Gasteiger partial charge in [0.2, 0.25) is 23.5 Å². The summed E-state index contributed by atoms with van der Waals surface area (Å²) in [5.41, 5.74) is 5.61. The van der Waals surface area contributed by atoms with E-state index in [9.17, 15) is 9.59 Å². The van der Waals surface area contributed by atoms with E-state index in [4.69, 9.17) is 33.7 Å². The number of aromatic nitrogens is 4. The summed E-state index contributed by atoms with van der Waals surface area (Å²) >= 11 is 11.2. The molecule has 43 heavy (non-hydrogen) atoms. The Bertz CT molecular complexity index is 1170. The molecule has 0 saturated heterocycles. The minimum absolute atomic E-state index is 0.0752. The van der Waals surface area contributed by atoms with Crippen molar-refractivity contribution in [3.05, 3.63) is 36.2 Å². The first-order valence-corrected chi connectivity index (χ1v) is 15.4. The number of halogens is 2. The standard InChI is InChI=1S/C14H20ClN5O.C13H18ClN5O.C2H6/c1-11(2)10-20(19-14(21)5-3-4-7-15)13-6-8-17-12(9-16)18-13;1-10(2)9-19(18-13(20)4-3-6-14)12-5-7-16-11(8-15)17-12;1-2/h6,8,11H,3-5,7,10H2,1-2H3,(H,19,21);5,7,10H,3-4,6,9H2,1-2H3,(H,18,20);1-2H3. The fraction of sp³-hybridized carbons (Fsp3) is 0.586. The van der Waals surface area contributed by atoms with E-state index >= 15 is 0 Å². The number of amides is 2. The van der Waals surface area contributed by atoms with Crippen molar-refractivity contribution in [1.82, 2.24) is 30.8 Å². The van der Waals surface area contributed by atoms with Crippen LogP contribution in [0.15, 0.2) is 24.5 Å². The molecule has 0 aliphatic carbocycles. The molecule has 2 aromatic heterocycles. The van der Waals surface area contributed by atoms with Gasteiger partial charge < -0.3 is 0 Å². The van der Waals surface area contributed by atoms with E-state index in [0.29, 0.717) is 67.6 Å². The summed E-state index contributed by atoms with van der Waals surface area (Å²) in [6.07, 6.45) is 5.96. The maximum absolute atomic E-state index is 11.9. The Labute approximate surface area is 265 Å². The Morgan fingerprint density at radius 2 is 1.16 bits per heavy atom. The molecule has 2 rings (SSSR count). The number of anilines is 2. The van der Waals surface area contributed by atoms with Crippen LogP contribution >= 0.6 is 23.2 Å². The van der Waals surface area contributed by atoms with Gasteiger partial charge in [0, 0.05) is 62.2 Å². The van der Waals surface area contributed by atoms with Crippen molar-refractivity contribution < 1.29 is 9.59 Å². The zero-order chi connectivity index (χ0) is 32.6. The van der Waals surface area contributed by atoms with Gasteiger partial charge in [-0.2, -0.15) is 20.5 Å². The molecule has 0 spiro atoms. The molecule has 0 bridgehead atoms.